The Labute approximate surface area is 97.7 Å². The Bertz CT molecular complexity index is 326. The fraction of sp³-hybridized carbons (Fsp3) is 0.750. The van der Waals surface area contributed by atoms with Crippen LogP contribution in [0.1, 0.15) is 37.5 Å². The molecular weight excluding hydrogens is 200 g/mol. The van der Waals surface area contributed by atoms with Crippen LogP contribution in [0.3, 0.4) is 0 Å². The zero-order valence-electron chi connectivity index (χ0n) is 10.5. The van der Waals surface area contributed by atoms with Gasteiger partial charge in [0.1, 0.15) is 0 Å². The molecule has 1 aliphatic rings. The van der Waals surface area contributed by atoms with Gasteiger partial charge in [-0.3, -0.25) is 0 Å². The van der Waals surface area contributed by atoms with Crippen molar-refractivity contribution in [3.05, 3.63) is 18.2 Å². The highest BCUT2D eigenvalue weighted by molar-refractivity contribution is 5.08. The molecule has 0 saturated carbocycles. The van der Waals surface area contributed by atoms with Crippen molar-refractivity contribution in [3.8, 4) is 0 Å². The fourth-order valence-electron chi connectivity index (χ4n) is 2.51. The molecule has 1 aromatic heterocycles. The fourth-order valence-corrected chi connectivity index (χ4v) is 2.51. The van der Waals surface area contributed by atoms with Crippen LogP contribution < -0.4 is 5.32 Å². The molecule has 0 aliphatic carbocycles. The van der Waals surface area contributed by atoms with Gasteiger partial charge in [0.2, 0.25) is 0 Å². The number of rotatable bonds is 4. The first kappa shape index (κ1) is 11.6. The van der Waals surface area contributed by atoms with Crippen LogP contribution in [0.15, 0.2) is 12.5 Å². The quantitative estimate of drug-likeness (QED) is 0.836. The summed E-state index contributed by atoms with van der Waals surface area (Å²) in [4.78, 5) is 6.52. The second-order valence-electron chi connectivity index (χ2n) is 4.99. The average Bonchev–Trinajstić information content (AvgIpc) is 2.87. The number of aromatic nitrogens is 2. The summed E-state index contributed by atoms with van der Waals surface area (Å²) in [5.74, 6) is 0. The van der Waals surface area contributed by atoms with Crippen LogP contribution in [0.4, 0.5) is 0 Å². The van der Waals surface area contributed by atoms with Crippen LogP contribution in [0.25, 0.3) is 0 Å². The molecule has 1 aromatic rings. The van der Waals surface area contributed by atoms with Crippen molar-refractivity contribution < 1.29 is 0 Å². The van der Waals surface area contributed by atoms with E-state index in [-0.39, 0.29) is 0 Å². The first-order valence-electron chi connectivity index (χ1n) is 6.08. The lowest BCUT2D eigenvalue weighted by molar-refractivity contribution is 0.329. The molecule has 0 spiro atoms. The van der Waals surface area contributed by atoms with E-state index in [0.717, 1.165) is 13.1 Å². The van der Waals surface area contributed by atoms with Crippen LogP contribution in [0, 0.1) is 0 Å². The molecule has 90 valence electrons. The van der Waals surface area contributed by atoms with Crippen LogP contribution >= 0.6 is 0 Å². The van der Waals surface area contributed by atoms with Gasteiger partial charge in [-0.15, -0.1) is 0 Å². The number of likely N-dealkylation sites (N-methyl/N-ethyl adjacent to an activating group) is 1. The second-order valence-corrected chi connectivity index (χ2v) is 4.99. The predicted octanol–water partition coefficient (Wildman–Crippen LogP) is 1.43. The molecule has 1 saturated heterocycles. The lowest BCUT2D eigenvalue weighted by Crippen LogP contribution is -2.25. The maximum Gasteiger partial charge on any atom is 0.0951 e. The van der Waals surface area contributed by atoms with E-state index in [1.54, 1.807) is 0 Å². The standard InChI is InChI=1S/C12H22N4/c1-10(8-15(2)3)16-9-13-7-12(16)11-5-4-6-14-11/h7,9-11,14H,4-6,8H2,1-3H3. The smallest absolute Gasteiger partial charge is 0.0951 e. The third-order valence-electron chi connectivity index (χ3n) is 3.22. The Morgan fingerprint density at radius 1 is 1.62 bits per heavy atom. The Balaban J connectivity index is 2.11. The third-order valence-corrected chi connectivity index (χ3v) is 3.22. The zero-order valence-corrected chi connectivity index (χ0v) is 10.5. The Kier molecular flexibility index (Phi) is 3.61. The number of imidazole rings is 1. The van der Waals surface area contributed by atoms with Crippen molar-refractivity contribution >= 4 is 0 Å². The highest BCUT2D eigenvalue weighted by Gasteiger charge is 2.21. The molecule has 1 fully saturated rings. The maximum atomic E-state index is 4.30. The Morgan fingerprint density at radius 2 is 2.44 bits per heavy atom. The molecule has 4 heteroatoms. The maximum absolute atomic E-state index is 4.30. The van der Waals surface area contributed by atoms with E-state index >= 15 is 0 Å². The normalized spacial score (nSPS) is 22.9. The molecule has 0 radical (unpaired) electrons. The minimum absolute atomic E-state index is 0.481. The van der Waals surface area contributed by atoms with Crippen LogP contribution in [0.2, 0.25) is 0 Å². The number of nitrogens with zero attached hydrogens (tertiary/aromatic N) is 3. The van der Waals surface area contributed by atoms with Gasteiger partial charge in [0.05, 0.1) is 12.0 Å². The SMILES string of the molecule is CC(CN(C)C)n1cncc1C1CCCN1. The summed E-state index contributed by atoms with van der Waals surface area (Å²) in [7, 11) is 4.22. The van der Waals surface area contributed by atoms with Gasteiger partial charge in [-0.1, -0.05) is 0 Å². The summed E-state index contributed by atoms with van der Waals surface area (Å²) in [6, 6.07) is 0.988. The van der Waals surface area contributed by atoms with Crippen LogP contribution in [-0.4, -0.2) is 41.6 Å². The largest absolute Gasteiger partial charge is 0.329 e. The predicted molar refractivity (Wildman–Crippen MR) is 65.5 cm³/mol. The number of nitrogens with one attached hydrogen (secondary N) is 1. The van der Waals surface area contributed by atoms with Gasteiger partial charge >= 0.3 is 0 Å². The van der Waals surface area contributed by atoms with Crippen LogP contribution in [0.5, 0.6) is 0 Å². The lowest BCUT2D eigenvalue weighted by Gasteiger charge is -2.22. The van der Waals surface area contributed by atoms with Gasteiger partial charge in [-0.2, -0.15) is 0 Å². The summed E-state index contributed by atoms with van der Waals surface area (Å²) < 4.78 is 2.31. The summed E-state index contributed by atoms with van der Waals surface area (Å²) >= 11 is 0. The molecule has 0 amide bonds. The minimum atomic E-state index is 0.481. The van der Waals surface area contributed by atoms with E-state index in [1.807, 2.05) is 12.5 Å². The summed E-state index contributed by atoms with van der Waals surface area (Å²) in [6.07, 6.45) is 6.48. The monoisotopic (exact) mass is 222 g/mol. The molecule has 2 unspecified atom stereocenters. The molecule has 2 atom stereocenters. The molecule has 0 aromatic carbocycles. The Morgan fingerprint density at radius 3 is 3.06 bits per heavy atom. The van der Waals surface area contributed by atoms with Gasteiger partial charge < -0.3 is 14.8 Å². The molecule has 0 bridgehead atoms. The van der Waals surface area contributed by atoms with E-state index in [0.29, 0.717) is 12.1 Å². The van der Waals surface area contributed by atoms with Crippen LogP contribution in [-0.2, 0) is 0 Å². The van der Waals surface area contributed by atoms with Crippen molar-refractivity contribution in [1.29, 1.82) is 0 Å². The first-order valence-corrected chi connectivity index (χ1v) is 6.08. The minimum Gasteiger partial charge on any atom is -0.329 e. The zero-order chi connectivity index (χ0) is 11.5. The average molecular weight is 222 g/mol. The molecule has 4 nitrogen and oxygen atoms in total. The van der Waals surface area contributed by atoms with Gasteiger partial charge in [-0.05, 0) is 40.4 Å². The number of hydrogen-bond acceptors (Lipinski definition) is 3. The molecule has 2 rings (SSSR count). The van der Waals surface area contributed by atoms with Crippen molar-refractivity contribution in [2.45, 2.75) is 31.8 Å². The summed E-state index contributed by atoms with van der Waals surface area (Å²) in [6.45, 7) is 4.44. The molecule has 1 N–H and O–H groups in total. The van der Waals surface area contributed by atoms with E-state index in [9.17, 15) is 0 Å². The lowest BCUT2D eigenvalue weighted by atomic mass is 10.1. The second kappa shape index (κ2) is 4.97. The molecule has 16 heavy (non-hydrogen) atoms. The van der Waals surface area contributed by atoms with Crippen molar-refractivity contribution in [3.63, 3.8) is 0 Å². The van der Waals surface area contributed by atoms with Gasteiger partial charge in [0, 0.05) is 24.8 Å². The van der Waals surface area contributed by atoms with E-state index in [2.05, 4.69) is 40.8 Å². The highest BCUT2D eigenvalue weighted by atomic mass is 15.2. The van der Waals surface area contributed by atoms with Crippen molar-refractivity contribution in [2.24, 2.45) is 0 Å². The molecular formula is C12H22N4. The summed E-state index contributed by atoms with van der Waals surface area (Å²) in [5.41, 5.74) is 1.34. The van der Waals surface area contributed by atoms with E-state index in [1.165, 1.54) is 18.5 Å². The number of hydrogen-bond donors (Lipinski definition) is 1. The highest BCUT2D eigenvalue weighted by Crippen LogP contribution is 2.24. The Hall–Kier alpha value is -0.870. The van der Waals surface area contributed by atoms with Crippen molar-refractivity contribution in [2.75, 3.05) is 27.2 Å². The van der Waals surface area contributed by atoms with Gasteiger partial charge in [-0.25, -0.2) is 4.98 Å². The third kappa shape index (κ3) is 2.44. The molecule has 2 heterocycles. The van der Waals surface area contributed by atoms with Gasteiger partial charge in [0.15, 0.2) is 0 Å². The topological polar surface area (TPSA) is 33.1 Å². The molecule has 1 aliphatic heterocycles. The summed E-state index contributed by atoms with van der Waals surface area (Å²) in [5, 5.41) is 3.53. The van der Waals surface area contributed by atoms with Gasteiger partial charge in [0.25, 0.3) is 0 Å². The van der Waals surface area contributed by atoms with Crippen molar-refractivity contribution in [1.82, 2.24) is 19.8 Å². The van der Waals surface area contributed by atoms with E-state index in [4.69, 9.17) is 0 Å². The van der Waals surface area contributed by atoms with E-state index < -0.39 is 0 Å². The first-order chi connectivity index (χ1) is 7.68.